The van der Waals surface area contributed by atoms with Crippen molar-refractivity contribution < 1.29 is 9.90 Å². The minimum atomic E-state index is -0.101. The number of aliphatic hydroxyl groups excluding tert-OH is 1. The molecule has 0 aromatic heterocycles. The van der Waals surface area contributed by atoms with E-state index in [2.05, 4.69) is 31.0 Å². The van der Waals surface area contributed by atoms with Gasteiger partial charge in [0.25, 0.3) is 0 Å². The van der Waals surface area contributed by atoms with E-state index in [0.717, 1.165) is 32.4 Å². The lowest BCUT2D eigenvalue weighted by atomic mass is 9.78. The van der Waals surface area contributed by atoms with Gasteiger partial charge in [0.2, 0.25) is 5.91 Å². The molecular weight excluding hydrogens is 276 g/mol. The summed E-state index contributed by atoms with van der Waals surface area (Å²) in [5, 5.41) is 12.9. The Labute approximate surface area is 135 Å². The number of piperidine rings is 1. The SMILES string of the molecule is CC1CCCC(NC(=O)C(C)N2CCCC(C)(CO)C2)C1C. The van der Waals surface area contributed by atoms with E-state index in [0.29, 0.717) is 17.9 Å². The molecule has 5 atom stereocenters. The molecule has 128 valence electrons. The monoisotopic (exact) mass is 310 g/mol. The Hall–Kier alpha value is -0.610. The number of likely N-dealkylation sites (tertiary alicyclic amines) is 1. The van der Waals surface area contributed by atoms with Gasteiger partial charge in [-0.15, -0.1) is 0 Å². The fraction of sp³-hybridized carbons (Fsp3) is 0.944. The first kappa shape index (κ1) is 17.7. The smallest absolute Gasteiger partial charge is 0.237 e. The van der Waals surface area contributed by atoms with E-state index >= 15 is 0 Å². The third-order valence-electron chi connectivity index (χ3n) is 6.15. The van der Waals surface area contributed by atoms with Gasteiger partial charge in [-0.2, -0.15) is 0 Å². The molecular formula is C18H34N2O2. The molecule has 4 nitrogen and oxygen atoms in total. The molecule has 1 saturated heterocycles. The van der Waals surface area contributed by atoms with Gasteiger partial charge in [-0.3, -0.25) is 9.69 Å². The molecule has 1 aliphatic carbocycles. The first-order valence-corrected chi connectivity index (χ1v) is 9.01. The summed E-state index contributed by atoms with van der Waals surface area (Å²) < 4.78 is 0. The van der Waals surface area contributed by atoms with Crippen LogP contribution in [0.2, 0.25) is 0 Å². The number of aliphatic hydroxyl groups is 1. The maximum atomic E-state index is 12.6. The van der Waals surface area contributed by atoms with E-state index in [1.165, 1.54) is 12.8 Å². The standard InChI is InChI=1S/C18H34N2O2/c1-13-7-5-8-16(14(13)2)19-17(22)15(3)20-10-6-9-18(4,11-20)12-21/h13-16,21H,5-12H2,1-4H3,(H,19,22). The predicted molar refractivity (Wildman–Crippen MR) is 89.6 cm³/mol. The molecule has 2 rings (SSSR count). The molecule has 1 aliphatic heterocycles. The molecule has 2 aliphatic rings. The van der Waals surface area contributed by atoms with Crippen molar-refractivity contribution in [3.05, 3.63) is 0 Å². The summed E-state index contributed by atoms with van der Waals surface area (Å²) in [5.41, 5.74) is -0.0561. The number of amides is 1. The molecule has 2 N–H and O–H groups in total. The number of rotatable bonds is 4. The lowest BCUT2D eigenvalue weighted by molar-refractivity contribution is -0.129. The minimum absolute atomic E-state index is 0.0561. The van der Waals surface area contributed by atoms with E-state index in [1.807, 2.05) is 6.92 Å². The van der Waals surface area contributed by atoms with Crippen molar-refractivity contribution in [3.63, 3.8) is 0 Å². The van der Waals surface area contributed by atoms with Crippen LogP contribution in [0.15, 0.2) is 0 Å². The molecule has 0 aromatic rings. The number of hydrogen-bond donors (Lipinski definition) is 2. The third-order valence-corrected chi connectivity index (χ3v) is 6.15. The lowest BCUT2D eigenvalue weighted by Crippen LogP contribution is -2.55. The van der Waals surface area contributed by atoms with E-state index < -0.39 is 0 Å². The highest BCUT2D eigenvalue weighted by atomic mass is 16.3. The van der Waals surface area contributed by atoms with Crippen LogP contribution in [0.25, 0.3) is 0 Å². The molecule has 5 unspecified atom stereocenters. The van der Waals surface area contributed by atoms with Crippen LogP contribution in [0, 0.1) is 17.3 Å². The van der Waals surface area contributed by atoms with Crippen LogP contribution in [-0.2, 0) is 4.79 Å². The van der Waals surface area contributed by atoms with E-state index in [1.54, 1.807) is 0 Å². The number of nitrogens with zero attached hydrogens (tertiary/aromatic N) is 1. The van der Waals surface area contributed by atoms with Gasteiger partial charge in [-0.1, -0.05) is 33.6 Å². The van der Waals surface area contributed by atoms with Crippen LogP contribution in [-0.4, -0.2) is 47.7 Å². The number of hydrogen-bond acceptors (Lipinski definition) is 3. The Morgan fingerprint density at radius 1 is 1.36 bits per heavy atom. The molecule has 0 spiro atoms. The highest BCUT2D eigenvalue weighted by Crippen LogP contribution is 2.31. The lowest BCUT2D eigenvalue weighted by Gasteiger charge is -2.42. The van der Waals surface area contributed by atoms with Gasteiger partial charge in [0.15, 0.2) is 0 Å². The maximum Gasteiger partial charge on any atom is 0.237 e. The second-order valence-corrected chi connectivity index (χ2v) is 8.10. The summed E-state index contributed by atoms with van der Waals surface area (Å²) in [6.45, 7) is 10.7. The highest BCUT2D eigenvalue weighted by molar-refractivity contribution is 5.81. The van der Waals surface area contributed by atoms with Crippen LogP contribution < -0.4 is 5.32 Å². The van der Waals surface area contributed by atoms with Crippen LogP contribution in [0.3, 0.4) is 0 Å². The van der Waals surface area contributed by atoms with Crippen LogP contribution in [0.5, 0.6) is 0 Å². The van der Waals surface area contributed by atoms with Gasteiger partial charge in [-0.05, 0) is 44.6 Å². The molecule has 0 aromatic carbocycles. The summed E-state index contributed by atoms with van der Waals surface area (Å²) in [5.74, 6) is 1.42. The molecule has 0 bridgehead atoms. The molecule has 1 heterocycles. The first-order chi connectivity index (χ1) is 10.4. The summed E-state index contributed by atoms with van der Waals surface area (Å²) >= 11 is 0. The molecule has 4 heteroatoms. The average molecular weight is 310 g/mol. The van der Waals surface area contributed by atoms with E-state index in [-0.39, 0.29) is 24.0 Å². The number of nitrogens with one attached hydrogen (secondary N) is 1. The van der Waals surface area contributed by atoms with E-state index in [4.69, 9.17) is 0 Å². The van der Waals surface area contributed by atoms with Gasteiger partial charge in [0.1, 0.15) is 0 Å². The van der Waals surface area contributed by atoms with Crippen LogP contribution >= 0.6 is 0 Å². The highest BCUT2D eigenvalue weighted by Gasteiger charge is 2.35. The largest absolute Gasteiger partial charge is 0.396 e. The van der Waals surface area contributed by atoms with Gasteiger partial charge in [0, 0.05) is 24.6 Å². The van der Waals surface area contributed by atoms with Crippen molar-refractivity contribution in [2.75, 3.05) is 19.7 Å². The topological polar surface area (TPSA) is 52.6 Å². The molecule has 22 heavy (non-hydrogen) atoms. The summed E-state index contributed by atoms with van der Waals surface area (Å²) in [4.78, 5) is 14.9. The van der Waals surface area contributed by atoms with Gasteiger partial charge >= 0.3 is 0 Å². The normalized spacial score (nSPS) is 38.5. The zero-order valence-corrected chi connectivity index (χ0v) is 14.8. The van der Waals surface area contributed by atoms with Crippen molar-refractivity contribution in [2.45, 2.75) is 71.9 Å². The quantitative estimate of drug-likeness (QED) is 0.838. The average Bonchev–Trinajstić information content (AvgIpc) is 2.51. The fourth-order valence-electron chi connectivity index (χ4n) is 4.07. The second kappa shape index (κ2) is 7.31. The van der Waals surface area contributed by atoms with Crippen molar-refractivity contribution in [2.24, 2.45) is 17.3 Å². The van der Waals surface area contributed by atoms with Crippen molar-refractivity contribution in [3.8, 4) is 0 Å². The predicted octanol–water partition coefficient (Wildman–Crippen LogP) is 2.41. The summed E-state index contributed by atoms with van der Waals surface area (Å²) in [7, 11) is 0. The molecule has 2 fully saturated rings. The van der Waals surface area contributed by atoms with Gasteiger partial charge in [0.05, 0.1) is 6.04 Å². The van der Waals surface area contributed by atoms with Crippen LogP contribution in [0.1, 0.15) is 59.8 Å². The first-order valence-electron chi connectivity index (χ1n) is 9.01. The maximum absolute atomic E-state index is 12.6. The second-order valence-electron chi connectivity index (χ2n) is 8.10. The minimum Gasteiger partial charge on any atom is -0.396 e. The Morgan fingerprint density at radius 3 is 2.77 bits per heavy atom. The zero-order valence-electron chi connectivity index (χ0n) is 14.8. The Kier molecular flexibility index (Phi) is 5.89. The fourth-order valence-corrected chi connectivity index (χ4v) is 4.07. The van der Waals surface area contributed by atoms with Crippen molar-refractivity contribution in [1.82, 2.24) is 10.2 Å². The van der Waals surface area contributed by atoms with Crippen molar-refractivity contribution >= 4 is 5.91 Å². The Morgan fingerprint density at radius 2 is 2.09 bits per heavy atom. The van der Waals surface area contributed by atoms with E-state index in [9.17, 15) is 9.90 Å². The van der Waals surface area contributed by atoms with Crippen LogP contribution in [0.4, 0.5) is 0 Å². The van der Waals surface area contributed by atoms with Gasteiger partial charge < -0.3 is 10.4 Å². The zero-order chi connectivity index (χ0) is 16.3. The Bertz CT molecular complexity index is 387. The summed E-state index contributed by atoms with van der Waals surface area (Å²) in [6, 6.07) is 0.225. The third kappa shape index (κ3) is 4.02. The van der Waals surface area contributed by atoms with Crippen molar-refractivity contribution in [1.29, 1.82) is 0 Å². The van der Waals surface area contributed by atoms with Gasteiger partial charge in [-0.25, -0.2) is 0 Å². The number of carbonyl (C=O) groups excluding carboxylic acids is 1. The molecule has 0 radical (unpaired) electrons. The molecule has 1 amide bonds. The summed E-state index contributed by atoms with van der Waals surface area (Å²) in [6.07, 6.45) is 5.72. The molecule has 1 saturated carbocycles. The number of carbonyl (C=O) groups is 1. The Balaban J connectivity index is 1.91.